The molecule has 2 unspecified atom stereocenters. The molecule has 7 heteroatoms. The van der Waals surface area contributed by atoms with Crippen molar-refractivity contribution in [2.75, 3.05) is 12.4 Å². The van der Waals surface area contributed by atoms with Crippen molar-refractivity contribution >= 4 is 21.6 Å². The molecule has 0 radical (unpaired) electrons. The van der Waals surface area contributed by atoms with Crippen molar-refractivity contribution in [2.45, 2.75) is 32.4 Å². The SMILES string of the molecule is COC(C)C(C)Nc1ccc(Br)cc1OC(F)(F)F. The second kappa shape index (κ2) is 6.47. The summed E-state index contributed by atoms with van der Waals surface area (Å²) in [6.07, 6.45) is -4.88. The maximum Gasteiger partial charge on any atom is 0.573 e. The Labute approximate surface area is 118 Å². The van der Waals surface area contributed by atoms with Crippen molar-refractivity contribution in [1.29, 1.82) is 0 Å². The quantitative estimate of drug-likeness (QED) is 0.871. The molecule has 0 bridgehead atoms. The maximum atomic E-state index is 12.3. The molecule has 1 N–H and O–H groups in total. The van der Waals surface area contributed by atoms with E-state index in [1.54, 1.807) is 6.07 Å². The van der Waals surface area contributed by atoms with Crippen molar-refractivity contribution in [3.8, 4) is 5.75 Å². The summed E-state index contributed by atoms with van der Waals surface area (Å²) < 4.78 is 46.6. The second-order valence-electron chi connectivity index (χ2n) is 4.06. The number of anilines is 1. The Balaban J connectivity index is 2.93. The lowest BCUT2D eigenvalue weighted by Crippen LogP contribution is -2.30. The van der Waals surface area contributed by atoms with Crippen molar-refractivity contribution < 1.29 is 22.6 Å². The Bertz CT molecular complexity index is 426. The average Bonchev–Trinajstić information content (AvgIpc) is 2.29. The number of hydrogen-bond donors (Lipinski definition) is 1. The number of hydrogen-bond acceptors (Lipinski definition) is 3. The zero-order valence-corrected chi connectivity index (χ0v) is 12.3. The van der Waals surface area contributed by atoms with Crippen LogP contribution in [0.5, 0.6) is 5.75 Å². The van der Waals surface area contributed by atoms with E-state index in [9.17, 15) is 13.2 Å². The van der Waals surface area contributed by atoms with Crippen LogP contribution in [-0.4, -0.2) is 25.6 Å². The summed E-state index contributed by atoms with van der Waals surface area (Å²) in [7, 11) is 1.54. The van der Waals surface area contributed by atoms with Gasteiger partial charge in [0.15, 0.2) is 5.75 Å². The van der Waals surface area contributed by atoms with E-state index in [1.165, 1.54) is 19.2 Å². The molecule has 0 aliphatic carbocycles. The van der Waals surface area contributed by atoms with Gasteiger partial charge in [-0.3, -0.25) is 0 Å². The molecule has 0 fully saturated rings. The Morgan fingerprint density at radius 2 is 1.89 bits per heavy atom. The van der Waals surface area contributed by atoms with E-state index in [0.717, 1.165) is 0 Å². The molecule has 0 amide bonds. The van der Waals surface area contributed by atoms with Crippen LogP contribution in [0.1, 0.15) is 13.8 Å². The van der Waals surface area contributed by atoms with E-state index in [4.69, 9.17) is 4.74 Å². The van der Waals surface area contributed by atoms with E-state index >= 15 is 0 Å². The minimum absolute atomic E-state index is 0.151. The molecule has 19 heavy (non-hydrogen) atoms. The van der Waals surface area contributed by atoms with Crippen LogP contribution >= 0.6 is 15.9 Å². The van der Waals surface area contributed by atoms with Gasteiger partial charge in [-0.25, -0.2) is 0 Å². The Morgan fingerprint density at radius 3 is 2.42 bits per heavy atom. The van der Waals surface area contributed by atoms with Crippen molar-refractivity contribution in [2.24, 2.45) is 0 Å². The van der Waals surface area contributed by atoms with Crippen LogP contribution in [-0.2, 0) is 4.74 Å². The first-order chi connectivity index (χ1) is 8.73. The summed E-state index contributed by atoms with van der Waals surface area (Å²) >= 11 is 3.11. The Kier molecular flexibility index (Phi) is 5.49. The van der Waals surface area contributed by atoms with Crippen LogP contribution < -0.4 is 10.1 Å². The molecule has 0 saturated heterocycles. The molecule has 3 nitrogen and oxygen atoms in total. The fraction of sp³-hybridized carbons (Fsp3) is 0.500. The van der Waals surface area contributed by atoms with Crippen LogP contribution in [0.15, 0.2) is 22.7 Å². The molecule has 0 saturated carbocycles. The normalized spacial score (nSPS) is 14.9. The van der Waals surface area contributed by atoms with Gasteiger partial charge in [-0.1, -0.05) is 15.9 Å². The van der Waals surface area contributed by atoms with Gasteiger partial charge in [0.1, 0.15) is 0 Å². The molecule has 0 aromatic heterocycles. The zero-order valence-electron chi connectivity index (χ0n) is 10.7. The van der Waals surface area contributed by atoms with Gasteiger partial charge >= 0.3 is 6.36 Å². The summed E-state index contributed by atoms with van der Waals surface area (Å²) in [5, 5.41) is 2.94. The number of halogens is 4. The summed E-state index contributed by atoms with van der Waals surface area (Å²) in [5.74, 6) is -0.281. The minimum Gasteiger partial charge on any atom is -0.404 e. The highest BCUT2D eigenvalue weighted by atomic mass is 79.9. The Morgan fingerprint density at radius 1 is 1.26 bits per heavy atom. The predicted octanol–water partition coefficient (Wildman–Crippen LogP) is 4.18. The van der Waals surface area contributed by atoms with E-state index in [2.05, 4.69) is 26.0 Å². The third-order valence-corrected chi connectivity index (χ3v) is 3.12. The molecule has 0 aliphatic rings. The van der Waals surface area contributed by atoms with Crippen LogP contribution in [0.2, 0.25) is 0 Å². The van der Waals surface area contributed by atoms with Crippen LogP contribution in [0.25, 0.3) is 0 Å². The van der Waals surface area contributed by atoms with Crippen LogP contribution in [0.3, 0.4) is 0 Å². The monoisotopic (exact) mass is 341 g/mol. The lowest BCUT2D eigenvalue weighted by molar-refractivity contribution is -0.274. The number of methoxy groups -OCH3 is 1. The van der Waals surface area contributed by atoms with Crippen molar-refractivity contribution in [3.63, 3.8) is 0 Å². The molecule has 0 aliphatic heterocycles. The zero-order chi connectivity index (χ0) is 14.6. The topological polar surface area (TPSA) is 30.5 Å². The van der Waals surface area contributed by atoms with Gasteiger partial charge in [-0.2, -0.15) is 0 Å². The molecular formula is C12H15BrF3NO2. The van der Waals surface area contributed by atoms with E-state index in [0.29, 0.717) is 4.47 Å². The molecule has 0 spiro atoms. The number of alkyl halides is 3. The highest BCUT2D eigenvalue weighted by Gasteiger charge is 2.32. The first-order valence-electron chi connectivity index (χ1n) is 5.57. The summed E-state index contributed by atoms with van der Waals surface area (Å²) in [4.78, 5) is 0. The van der Waals surface area contributed by atoms with E-state index in [-0.39, 0.29) is 23.6 Å². The van der Waals surface area contributed by atoms with Gasteiger partial charge in [-0.05, 0) is 32.0 Å². The number of ether oxygens (including phenoxy) is 2. The highest BCUT2D eigenvalue weighted by Crippen LogP contribution is 2.33. The lowest BCUT2D eigenvalue weighted by atomic mass is 10.2. The van der Waals surface area contributed by atoms with E-state index < -0.39 is 6.36 Å². The van der Waals surface area contributed by atoms with Gasteiger partial charge in [0.05, 0.1) is 11.8 Å². The van der Waals surface area contributed by atoms with Crippen molar-refractivity contribution in [1.82, 2.24) is 0 Å². The number of benzene rings is 1. The molecular weight excluding hydrogens is 327 g/mol. The van der Waals surface area contributed by atoms with Crippen molar-refractivity contribution in [3.05, 3.63) is 22.7 Å². The molecule has 1 rings (SSSR count). The summed E-state index contributed by atoms with van der Waals surface area (Å²) in [6, 6.07) is 4.25. The average molecular weight is 342 g/mol. The fourth-order valence-corrected chi connectivity index (χ4v) is 1.73. The molecule has 1 aromatic carbocycles. The van der Waals surface area contributed by atoms with E-state index in [1.807, 2.05) is 13.8 Å². The number of rotatable bonds is 5. The lowest BCUT2D eigenvalue weighted by Gasteiger charge is -2.23. The first-order valence-corrected chi connectivity index (χ1v) is 6.37. The van der Waals surface area contributed by atoms with Crippen LogP contribution in [0, 0.1) is 0 Å². The fourth-order valence-electron chi connectivity index (χ4n) is 1.39. The molecule has 0 heterocycles. The largest absolute Gasteiger partial charge is 0.573 e. The third kappa shape index (κ3) is 5.28. The number of nitrogens with one attached hydrogen (secondary N) is 1. The molecule has 1 aromatic rings. The van der Waals surface area contributed by atoms with Gasteiger partial charge < -0.3 is 14.8 Å². The standard InChI is InChI=1S/C12H15BrF3NO2/c1-7(8(2)18-3)17-10-5-4-9(13)6-11(10)19-12(14,15)16/h4-8,17H,1-3H3. The second-order valence-corrected chi connectivity index (χ2v) is 4.98. The summed E-state index contributed by atoms with van der Waals surface area (Å²) in [5.41, 5.74) is 0.261. The van der Waals surface area contributed by atoms with Crippen LogP contribution in [0.4, 0.5) is 18.9 Å². The van der Waals surface area contributed by atoms with Gasteiger partial charge in [0.2, 0.25) is 0 Å². The highest BCUT2D eigenvalue weighted by molar-refractivity contribution is 9.10. The first kappa shape index (κ1) is 16.1. The third-order valence-electron chi connectivity index (χ3n) is 2.63. The minimum atomic E-state index is -4.73. The smallest absolute Gasteiger partial charge is 0.404 e. The molecule has 108 valence electrons. The maximum absolute atomic E-state index is 12.3. The van der Waals surface area contributed by atoms with Gasteiger partial charge in [0.25, 0.3) is 0 Å². The Hall–Kier alpha value is -0.950. The van der Waals surface area contributed by atoms with Gasteiger partial charge in [-0.15, -0.1) is 13.2 Å². The van der Waals surface area contributed by atoms with Gasteiger partial charge in [0, 0.05) is 17.6 Å². The summed E-state index contributed by atoms with van der Waals surface area (Å²) in [6.45, 7) is 3.63. The predicted molar refractivity (Wildman–Crippen MR) is 70.4 cm³/mol. The molecule has 2 atom stereocenters.